The molecule has 0 N–H and O–H groups in total. The van der Waals surface area contributed by atoms with Gasteiger partial charge in [0.05, 0.1) is 0 Å². The number of fused-ring (bicyclic) bond motifs is 1. The number of aromatic nitrogens is 1. The van der Waals surface area contributed by atoms with Crippen LogP contribution in [0.2, 0.25) is 0 Å². The van der Waals surface area contributed by atoms with Crippen molar-refractivity contribution in [3.05, 3.63) is 136 Å². The molecular formula is C35H32N+. The van der Waals surface area contributed by atoms with Crippen molar-refractivity contribution in [1.29, 1.82) is 0 Å². The summed E-state index contributed by atoms with van der Waals surface area (Å²) in [7, 11) is 2.17. The Labute approximate surface area is 214 Å². The second kappa shape index (κ2) is 7.40. The summed E-state index contributed by atoms with van der Waals surface area (Å²) < 4.78 is 2.28. The minimum absolute atomic E-state index is 0.114. The quantitative estimate of drug-likeness (QED) is 0.216. The molecule has 0 radical (unpaired) electrons. The fraction of sp³-hybridized carbons (Fsp3) is 0.229. The summed E-state index contributed by atoms with van der Waals surface area (Å²) >= 11 is 0. The Bertz CT molecular complexity index is 1700. The van der Waals surface area contributed by atoms with E-state index in [1.165, 1.54) is 66.5 Å². The number of hydrogen-bond donors (Lipinski definition) is 0. The Morgan fingerprint density at radius 3 is 1.72 bits per heavy atom. The van der Waals surface area contributed by atoms with Crippen LogP contribution in [0.25, 0.3) is 22.0 Å². The summed E-state index contributed by atoms with van der Waals surface area (Å²) in [5.74, 6) is 0.569. The van der Waals surface area contributed by atoms with Gasteiger partial charge in [-0.3, -0.25) is 0 Å². The third kappa shape index (κ3) is 2.99. The van der Waals surface area contributed by atoms with Crippen LogP contribution < -0.4 is 4.57 Å². The molecule has 1 aromatic heterocycles. The minimum Gasteiger partial charge on any atom is -0.201 e. The van der Waals surface area contributed by atoms with Crippen molar-refractivity contribution in [2.45, 2.75) is 44.9 Å². The van der Waals surface area contributed by atoms with E-state index in [1.54, 1.807) is 0 Å². The molecule has 0 aliphatic heterocycles. The molecule has 1 heteroatoms. The third-order valence-corrected chi connectivity index (χ3v) is 8.54. The summed E-state index contributed by atoms with van der Waals surface area (Å²) in [4.78, 5) is 0. The lowest BCUT2D eigenvalue weighted by atomic mass is 9.60. The topological polar surface area (TPSA) is 3.88 Å². The summed E-state index contributed by atoms with van der Waals surface area (Å²) in [6.07, 6.45) is 2.22. The molecule has 0 spiro atoms. The van der Waals surface area contributed by atoms with Crippen LogP contribution in [0, 0.1) is 6.92 Å². The summed E-state index contributed by atoms with van der Waals surface area (Å²) in [5.41, 5.74) is 14.3. The minimum atomic E-state index is 0.114. The Morgan fingerprint density at radius 2 is 1.14 bits per heavy atom. The van der Waals surface area contributed by atoms with Gasteiger partial charge in [-0.15, -0.1) is 0 Å². The van der Waals surface area contributed by atoms with Gasteiger partial charge in [0.2, 0.25) is 5.69 Å². The molecule has 0 fully saturated rings. The van der Waals surface area contributed by atoms with Crippen molar-refractivity contribution in [2.24, 2.45) is 7.05 Å². The van der Waals surface area contributed by atoms with Crippen molar-refractivity contribution in [1.82, 2.24) is 0 Å². The smallest absolute Gasteiger partial charge is 0.201 e. The molecule has 1 heterocycles. The number of rotatable bonds is 1. The SMILES string of the molecule is Cc1cc2c(cc1-c1cc(C(C)(C)C)cc[n+]1C)C1c3ccccc3C2c2cc3ccccc3cc21. The monoisotopic (exact) mass is 466 g/mol. The largest absolute Gasteiger partial charge is 0.212 e. The van der Waals surface area contributed by atoms with Crippen LogP contribution in [0.3, 0.4) is 0 Å². The molecule has 36 heavy (non-hydrogen) atoms. The molecular weight excluding hydrogens is 434 g/mol. The number of hydrogen-bond acceptors (Lipinski definition) is 0. The first-order valence-corrected chi connectivity index (χ1v) is 13.1. The zero-order valence-electron chi connectivity index (χ0n) is 21.8. The molecule has 2 atom stereocenters. The fourth-order valence-electron chi connectivity index (χ4n) is 6.64. The van der Waals surface area contributed by atoms with Crippen molar-refractivity contribution in [3.63, 3.8) is 0 Å². The van der Waals surface area contributed by atoms with Crippen LogP contribution in [-0.2, 0) is 12.5 Å². The standard InChI is InChI=1S/C35H32N/c1-21-16-28-31(20-27(21)32-19-24(35(2,3)4)14-15-36(32)5)34-26-13-9-8-12-25(26)33(28)29-17-22-10-6-7-11-23(22)18-30(29)34/h6-20,33-34H,1-5H3/q+1. The van der Waals surface area contributed by atoms with Crippen LogP contribution in [0.4, 0.5) is 0 Å². The Hall–Kier alpha value is -3.71. The normalized spacial score (nSPS) is 17.6. The number of benzene rings is 4. The summed E-state index contributed by atoms with van der Waals surface area (Å²) in [6, 6.07) is 32.5. The van der Waals surface area contributed by atoms with Gasteiger partial charge in [-0.25, -0.2) is 4.57 Å². The first kappa shape index (κ1) is 21.6. The third-order valence-electron chi connectivity index (χ3n) is 8.54. The summed E-state index contributed by atoms with van der Waals surface area (Å²) in [5, 5.41) is 2.67. The van der Waals surface area contributed by atoms with Crippen molar-refractivity contribution < 1.29 is 4.57 Å². The molecule has 0 saturated heterocycles. The van der Waals surface area contributed by atoms with Crippen LogP contribution in [0.1, 0.15) is 77.1 Å². The lowest BCUT2D eigenvalue weighted by Crippen LogP contribution is -2.32. The molecule has 5 aromatic rings. The molecule has 8 rings (SSSR count). The van der Waals surface area contributed by atoms with E-state index >= 15 is 0 Å². The van der Waals surface area contributed by atoms with Crippen molar-refractivity contribution >= 4 is 10.8 Å². The molecule has 4 aromatic carbocycles. The maximum Gasteiger partial charge on any atom is 0.212 e. The predicted octanol–water partition coefficient (Wildman–Crippen LogP) is 7.92. The maximum absolute atomic E-state index is 2.51. The van der Waals surface area contributed by atoms with Crippen molar-refractivity contribution in [3.8, 4) is 11.3 Å². The highest BCUT2D eigenvalue weighted by Gasteiger charge is 2.42. The maximum atomic E-state index is 2.51. The molecule has 1 nitrogen and oxygen atoms in total. The van der Waals surface area contributed by atoms with Crippen molar-refractivity contribution in [2.75, 3.05) is 0 Å². The molecule has 2 bridgehead atoms. The zero-order chi connectivity index (χ0) is 24.8. The lowest BCUT2D eigenvalue weighted by Gasteiger charge is -2.42. The van der Waals surface area contributed by atoms with Gasteiger partial charge in [-0.2, -0.15) is 0 Å². The average molecular weight is 467 g/mol. The van der Waals surface area contributed by atoms with Gasteiger partial charge in [0, 0.05) is 29.5 Å². The van der Waals surface area contributed by atoms with Gasteiger partial charge < -0.3 is 0 Å². The molecule has 3 aliphatic rings. The van der Waals surface area contributed by atoms with Gasteiger partial charge in [-0.1, -0.05) is 75.4 Å². The van der Waals surface area contributed by atoms with Crippen LogP contribution in [0.15, 0.2) is 91.1 Å². The zero-order valence-corrected chi connectivity index (χ0v) is 21.8. The van der Waals surface area contributed by atoms with E-state index < -0.39 is 0 Å². The highest BCUT2D eigenvalue weighted by Crippen LogP contribution is 2.57. The van der Waals surface area contributed by atoms with E-state index in [0.717, 1.165) is 0 Å². The van der Waals surface area contributed by atoms with E-state index in [9.17, 15) is 0 Å². The van der Waals surface area contributed by atoms with Crippen LogP contribution >= 0.6 is 0 Å². The second-order valence-corrected chi connectivity index (χ2v) is 11.8. The molecule has 3 aliphatic carbocycles. The molecule has 0 saturated carbocycles. The molecule has 2 unspecified atom stereocenters. The average Bonchev–Trinajstić information content (AvgIpc) is 2.86. The van der Waals surface area contributed by atoms with E-state index in [-0.39, 0.29) is 11.3 Å². The van der Waals surface area contributed by atoms with Crippen LogP contribution in [0.5, 0.6) is 0 Å². The molecule has 176 valence electrons. The van der Waals surface area contributed by atoms with E-state index in [2.05, 4.69) is 130 Å². The number of nitrogens with zero attached hydrogens (tertiary/aromatic N) is 1. The highest BCUT2D eigenvalue weighted by atomic mass is 14.9. The van der Waals surface area contributed by atoms with Crippen LogP contribution in [-0.4, -0.2) is 0 Å². The van der Waals surface area contributed by atoms with E-state index in [0.29, 0.717) is 5.92 Å². The van der Waals surface area contributed by atoms with Gasteiger partial charge in [-0.05, 0) is 85.8 Å². The highest BCUT2D eigenvalue weighted by molar-refractivity contribution is 5.87. The van der Waals surface area contributed by atoms with Gasteiger partial charge >= 0.3 is 0 Å². The first-order chi connectivity index (χ1) is 17.3. The Morgan fingerprint density at radius 1 is 0.611 bits per heavy atom. The lowest BCUT2D eigenvalue weighted by molar-refractivity contribution is -0.660. The first-order valence-electron chi connectivity index (χ1n) is 13.1. The number of pyridine rings is 1. The fourth-order valence-corrected chi connectivity index (χ4v) is 6.64. The van der Waals surface area contributed by atoms with Gasteiger partial charge in [0.15, 0.2) is 6.20 Å². The Kier molecular flexibility index (Phi) is 4.43. The second-order valence-electron chi connectivity index (χ2n) is 11.8. The van der Waals surface area contributed by atoms with E-state index in [1.807, 2.05) is 0 Å². The van der Waals surface area contributed by atoms with Gasteiger partial charge in [0.1, 0.15) is 7.05 Å². The number of aryl methyl sites for hydroxylation is 2. The van der Waals surface area contributed by atoms with Gasteiger partial charge in [0.25, 0.3) is 0 Å². The Balaban J connectivity index is 1.50. The van der Waals surface area contributed by atoms with E-state index in [4.69, 9.17) is 0 Å². The summed E-state index contributed by atoms with van der Waals surface area (Å²) in [6.45, 7) is 9.17. The predicted molar refractivity (Wildman–Crippen MR) is 149 cm³/mol. The molecule has 0 amide bonds.